The van der Waals surface area contributed by atoms with Crippen molar-refractivity contribution in [3.05, 3.63) is 36.1 Å². The number of carbonyl (C=O) groups excluding carboxylic acids is 1. The van der Waals surface area contributed by atoms with Crippen LogP contribution in [0.2, 0.25) is 0 Å². The zero-order valence-corrected chi connectivity index (χ0v) is 11.1. The van der Waals surface area contributed by atoms with Gasteiger partial charge in [-0.05, 0) is 24.5 Å². The van der Waals surface area contributed by atoms with Crippen molar-refractivity contribution < 1.29 is 18.7 Å². The van der Waals surface area contributed by atoms with E-state index >= 15 is 0 Å². The van der Waals surface area contributed by atoms with E-state index in [-0.39, 0.29) is 11.9 Å². The smallest absolute Gasteiger partial charge is 0.253 e. The molecular formula is C16H16O4. The molecule has 2 fully saturated rings. The summed E-state index contributed by atoms with van der Waals surface area (Å²) < 4.78 is 16.7. The molecule has 1 saturated carbocycles. The molecule has 1 aromatic carbocycles. The van der Waals surface area contributed by atoms with Gasteiger partial charge in [0, 0.05) is 5.39 Å². The number of Topliss-reactive ketones (excluding diaryl/α,β-unsaturated/α-hetero) is 1. The molecule has 1 aromatic heterocycles. The van der Waals surface area contributed by atoms with Gasteiger partial charge >= 0.3 is 0 Å². The average Bonchev–Trinajstić information content (AvgIpc) is 3.00. The molecule has 2 aliphatic rings. The molecule has 0 radical (unpaired) electrons. The molecule has 4 rings (SSSR count). The maximum Gasteiger partial charge on any atom is 0.253 e. The average molecular weight is 272 g/mol. The molecule has 2 unspecified atom stereocenters. The van der Waals surface area contributed by atoms with Gasteiger partial charge in [0.05, 0.1) is 12.7 Å². The van der Waals surface area contributed by atoms with Gasteiger partial charge < -0.3 is 13.9 Å². The van der Waals surface area contributed by atoms with Crippen LogP contribution in [-0.2, 0) is 9.47 Å². The molecule has 4 nitrogen and oxygen atoms in total. The first-order valence-electron chi connectivity index (χ1n) is 7.09. The van der Waals surface area contributed by atoms with Gasteiger partial charge in [-0.25, -0.2) is 0 Å². The SMILES string of the molecule is O=C(c1cc2ccccc2o1)C1OCC(CC2CC2)O1. The molecule has 1 aliphatic heterocycles. The predicted molar refractivity (Wildman–Crippen MR) is 72.5 cm³/mol. The number of carbonyl (C=O) groups is 1. The highest BCUT2D eigenvalue weighted by Crippen LogP contribution is 2.36. The van der Waals surface area contributed by atoms with E-state index in [4.69, 9.17) is 13.9 Å². The van der Waals surface area contributed by atoms with E-state index < -0.39 is 6.29 Å². The summed E-state index contributed by atoms with van der Waals surface area (Å²) in [5.74, 6) is 0.853. The third-order valence-electron chi connectivity index (χ3n) is 3.93. The summed E-state index contributed by atoms with van der Waals surface area (Å²) in [6, 6.07) is 9.31. The van der Waals surface area contributed by atoms with E-state index in [1.165, 1.54) is 12.8 Å². The van der Waals surface area contributed by atoms with Crippen LogP contribution in [0.15, 0.2) is 34.7 Å². The molecule has 1 saturated heterocycles. The standard InChI is InChI=1S/C16H16O4/c17-15(14-8-11-3-1-2-4-13(11)20-14)16-18-9-12(19-16)7-10-5-6-10/h1-4,8,10,12,16H,5-7,9H2. The molecule has 4 heteroatoms. The molecule has 2 atom stereocenters. The van der Waals surface area contributed by atoms with Crippen LogP contribution in [0.4, 0.5) is 0 Å². The number of fused-ring (bicyclic) bond motifs is 1. The van der Waals surface area contributed by atoms with Crippen LogP contribution in [0.25, 0.3) is 11.0 Å². The van der Waals surface area contributed by atoms with Crippen LogP contribution in [0.5, 0.6) is 0 Å². The minimum atomic E-state index is -0.806. The van der Waals surface area contributed by atoms with Crippen LogP contribution >= 0.6 is 0 Å². The Hall–Kier alpha value is -1.65. The summed E-state index contributed by atoms with van der Waals surface area (Å²) in [6.07, 6.45) is 2.81. The molecule has 104 valence electrons. The van der Waals surface area contributed by atoms with Gasteiger partial charge in [0.25, 0.3) is 5.78 Å². The Morgan fingerprint density at radius 3 is 2.90 bits per heavy atom. The van der Waals surface area contributed by atoms with Gasteiger partial charge in [0.15, 0.2) is 5.76 Å². The largest absolute Gasteiger partial charge is 0.453 e. The Morgan fingerprint density at radius 2 is 2.10 bits per heavy atom. The molecule has 20 heavy (non-hydrogen) atoms. The molecule has 0 bridgehead atoms. The van der Waals surface area contributed by atoms with Crippen LogP contribution in [0.3, 0.4) is 0 Å². The summed E-state index contributed by atoms with van der Waals surface area (Å²) in [4.78, 5) is 12.3. The van der Waals surface area contributed by atoms with Gasteiger partial charge in [0.2, 0.25) is 6.29 Å². The molecule has 0 amide bonds. The summed E-state index contributed by atoms with van der Waals surface area (Å²) in [5, 5.41) is 0.920. The molecule has 0 N–H and O–H groups in total. The van der Waals surface area contributed by atoms with Gasteiger partial charge in [-0.2, -0.15) is 0 Å². The van der Waals surface area contributed by atoms with E-state index in [0.717, 1.165) is 17.7 Å². The summed E-state index contributed by atoms with van der Waals surface area (Å²) >= 11 is 0. The topological polar surface area (TPSA) is 48.7 Å². The van der Waals surface area contributed by atoms with Crippen LogP contribution in [0, 0.1) is 5.92 Å². The third-order valence-corrected chi connectivity index (χ3v) is 3.93. The number of rotatable bonds is 4. The molecule has 2 aromatic rings. The van der Waals surface area contributed by atoms with Crippen molar-refractivity contribution in [1.82, 2.24) is 0 Å². The van der Waals surface area contributed by atoms with Gasteiger partial charge in [0.1, 0.15) is 5.58 Å². The number of ether oxygens (including phenoxy) is 2. The number of hydrogen-bond acceptors (Lipinski definition) is 4. The summed E-state index contributed by atoms with van der Waals surface area (Å²) in [7, 11) is 0. The minimum absolute atomic E-state index is 0.0563. The Bertz CT molecular complexity index is 608. The molecule has 0 spiro atoms. The fourth-order valence-electron chi connectivity index (χ4n) is 2.65. The van der Waals surface area contributed by atoms with Crippen LogP contribution < -0.4 is 0 Å². The second kappa shape index (κ2) is 4.72. The van der Waals surface area contributed by atoms with Crippen LogP contribution in [0.1, 0.15) is 29.8 Å². The number of benzene rings is 1. The second-order valence-electron chi connectivity index (χ2n) is 5.62. The zero-order valence-electron chi connectivity index (χ0n) is 11.1. The van der Waals surface area contributed by atoms with Crippen molar-refractivity contribution in [2.75, 3.05) is 6.61 Å². The Balaban J connectivity index is 1.49. The quantitative estimate of drug-likeness (QED) is 0.802. The minimum Gasteiger partial charge on any atom is -0.453 e. The Kier molecular flexibility index (Phi) is 2.86. The highest BCUT2D eigenvalue weighted by atomic mass is 16.7. The number of hydrogen-bond donors (Lipinski definition) is 0. The van der Waals surface area contributed by atoms with Gasteiger partial charge in [-0.1, -0.05) is 31.0 Å². The summed E-state index contributed by atoms with van der Waals surface area (Å²) in [5.41, 5.74) is 0.711. The highest BCUT2D eigenvalue weighted by molar-refractivity contribution is 5.99. The maximum atomic E-state index is 12.3. The van der Waals surface area contributed by atoms with E-state index in [1.807, 2.05) is 24.3 Å². The highest BCUT2D eigenvalue weighted by Gasteiger charge is 2.36. The molecule has 1 aliphatic carbocycles. The first-order valence-corrected chi connectivity index (χ1v) is 7.09. The number of ketones is 1. The van der Waals surface area contributed by atoms with Crippen molar-refractivity contribution in [1.29, 1.82) is 0 Å². The normalized spacial score (nSPS) is 26.2. The van der Waals surface area contributed by atoms with Crippen molar-refractivity contribution in [2.45, 2.75) is 31.7 Å². The van der Waals surface area contributed by atoms with E-state index in [1.54, 1.807) is 6.07 Å². The fourth-order valence-corrected chi connectivity index (χ4v) is 2.65. The summed E-state index contributed by atoms with van der Waals surface area (Å²) in [6.45, 7) is 0.507. The van der Waals surface area contributed by atoms with Crippen molar-refractivity contribution in [3.8, 4) is 0 Å². The van der Waals surface area contributed by atoms with Gasteiger partial charge in [-0.15, -0.1) is 0 Å². The second-order valence-corrected chi connectivity index (χ2v) is 5.62. The first kappa shape index (κ1) is 12.1. The Morgan fingerprint density at radius 1 is 1.25 bits per heavy atom. The lowest BCUT2D eigenvalue weighted by Crippen LogP contribution is -2.22. The van der Waals surface area contributed by atoms with E-state index in [0.29, 0.717) is 18.0 Å². The van der Waals surface area contributed by atoms with E-state index in [9.17, 15) is 4.79 Å². The van der Waals surface area contributed by atoms with Crippen molar-refractivity contribution >= 4 is 16.8 Å². The maximum absolute atomic E-state index is 12.3. The zero-order chi connectivity index (χ0) is 13.5. The predicted octanol–water partition coefficient (Wildman–Crippen LogP) is 3.16. The lowest BCUT2D eigenvalue weighted by molar-refractivity contribution is -0.0378. The number of para-hydroxylation sites is 1. The van der Waals surface area contributed by atoms with Crippen molar-refractivity contribution in [2.24, 2.45) is 5.92 Å². The van der Waals surface area contributed by atoms with Gasteiger partial charge in [-0.3, -0.25) is 4.79 Å². The molecule has 2 heterocycles. The lowest BCUT2D eigenvalue weighted by Gasteiger charge is -2.08. The van der Waals surface area contributed by atoms with Crippen LogP contribution in [-0.4, -0.2) is 24.8 Å². The lowest BCUT2D eigenvalue weighted by atomic mass is 10.2. The third kappa shape index (κ3) is 2.25. The fraction of sp³-hybridized carbons (Fsp3) is 0.438. The van der Waals surface area contributed by atoms with Crippen molar-refractivity contribution in [3.63, 3.8) is 0 Å². The monoisotopic (exact) mass is 272 g/mol. The first-order chi connectivity index (χ1) is 9.79. The number of furan rings is 1. The Labute approximate surface area is 116 Å². The van der Waals surface area contributed by atoms with E-state index in [2.05, 4.69) is 0 Å². The molecular weight excluding hydrogens is 256 g/mol.